The molecule has 1 heterocycles. The minimum atomic E-state index is -0.520. The maximum absolute atomic E-state index is 9.23. The molecule has 0 aromatic rings. The largest absolute Gasteiger partial charge is 0.386 e. The first-order valence-electron chi connectivity index (χ1n) is 3.98. The van der Waals surface area contributed by atoms with Gasteiger partial charge in [-0.3, -0.25) is 0 Å². The van der Waals surface area contributed by atoms with Crippen LogP contribution in [0.15, 0.2) is 24.8 Å². The van der Waals surface area contributed by atoms with Crippen LogP contribution >= 0.6 is 0 Å². The highest BCUT2D eigenvalue weighted by molar-refractivity contribution is 4.98. The fraction of sp³-hybridized carbons (Fsp3) is 0.556. The van der Waals surface area contributed by atoms with Crippen molar-refractivity contribution in [3.8, 4) is 0 Å². The molecule has 0 aliphatic carbocycles. The van der Waals surface area contributed by atoms with Gasteiger partial charge in [0.15, 0.2) is 6.29 Å². The van der Waals surface area contributed by atoms with Crippen molar-refractivity contribution in [2.75, 3.05) is 6.61 Å². The Kier molecular flexibility index (Phi) is 3.47. The first-order chi connectivity index (χ1) is 5.74. The molecule has 0 amide bonds. The number of rotatable bonds is 3. The third-order valence-electron chi connectivity index (χ3n) is 1.67. The van der Waals surface area contributed by atoms with Gasteiger partial charge in [0.1, 0.15) is 0 Å². The molecular formula is C9H14O3. The van der Waals surface area contributed by atoms with Crippen molar-refractivity contribution in [2.24, 2.45) is 0 Å². The van der Waals surface area contributed by atoms with E-state index in [4.69, 9.17) is 9.47 Å². The first kappa shape index (κ1) is 9.45. The Hall–Kier alpha value is -0.640. The summed E-state index contributed by atoms with van der Waals surface area (Å²) in [6.45, 7) is 5.79. The van der Waals surface area contributed by atoms with Gasteiger partial charge in [0.2, 0.25) is 0 Å². The van der Waals surface area contributed by atoms with E-state index in [1.54, 1.807) is 25.2 Å². The molecule has 0 saturated carbocycles. The predicted molar refractivity (Wildman–Crippen MR) is 45.6 cm³/mol. The summed E-state index contributed by atoms with van der Waals surface area (Å²) in [6, 6.07) is 0. The number of hydrogen-bond donors (Lipinski definition) is 1. The second-order valence-electron chi connectivity index (χ2n) is 2.71. The lowest BCUT2D eigenvalue weighted by molar-refractivity contribution is -0.159. The summed E-state index contributed by atoms with van der Waals surface area (Å²) in [5.41, 5.74) is 0. The van der Waals surface area contributed by atoms with Crippen LogP contribution in [0, 0.1) is 0 Å². The molecule has 3 nitrogen and oxygen atoms in total. The zero-order valence-corrected chi connectivity index (χ0v) is 7.14. The van der Waals surface area contributed by atoms with E-state index in [0.717, 1.165) is 0 Å². The van der Waals surface area contributed by atoms with Gasteiger partial charge < -0.3 is 14.6 Å². The molecule has 1 aliphatic heterocycles. The maximum atomic E-state index is 9.23. The summed E-state index contributed by atoms with van der Waals surface area (Å²) in [6.07, 6.45) is 3.97. The molecule has 0 spiro atoms. The summed E-state index contributed by atoms with van der Waals surface area (Å²) in [5, 5.41) is 9.23. The second-order valence-corrected chi connectivity index (χ2v) is 2.71. The van der Waals surface area contributed by atoms with Gasteiger partial charge in [-0.05, 0) is 13.0 Å². The van der Waals surface area contributed by atoms with Crippen LogP contribution in [0.2, 0.25) is 0 Å². The average molecular weight is 170 g/mol. The van der Waals surface area contributed by atoms with E-state index in [1.807, 2.05) is 0 Å². The molecule has 0 aromatic heterocycles. The first-order valence-corrected chi connectivity index (χ1v) is 3.98. The van der Waals surface area contributed by atoms with Gasteiger partial charge in [0, 0.05) is 0 Å². The minimum absolute atomic E-state index is 0.204. The van der Waals surface area contributed by atoms with E-state index >= 15 is 0 Å². The number of aliphatic hydroxyl groups excluding tert-OH is 1. The number of hydrogen-bond acceptors (Lipinski definition) is 3. The standard InChI is InChI=1S/C9H14O3/c1-3-6-11-9-5-4-8(10)7(2)12-9/h3-5,7-10H,1,6H2,2H3. The van der Waals surface area contributed by atoms with Crippen molar-refractivity contribution < 1.29 is 14.6 Å². The summed E-state index contributed by atoms with van der Waals surface area (Å²) in [4.78, 5) is 0. The SMILES string of the molecule is C=CCOC1C=CC(O)C(C)O1. The van der Waals surface area contributed by atoms with Crippen molar-refractivity contribution in [2.45, 2.75) is 25.4 Å². The Labute approximate surface area is 72.3 Å². The third-order valence-corrected chi connectivity index (χ3v) is 1.67. The third kappa shape index (κ3) is 2.44. The summed E-state index contributed by atoms with van der Waals surface area (Å²) in [7, 11) is 0. The molecule has 68 valence electrons. The van der Waals surface area contributed by atoms with Gasteiger partial charge in [-0.2, -0.15) is 0 Å². The smallest absolute Gasteiger partial charge is 0.177 e. The fourth-order valence-electron chi connectivity index (χ4n) is 0.956. The van der Waals surface area contributed by atoms with Crippen LogP contribution in [0.4, 0.5) is 0 Å². The lowest BCUT2D eigenvalue weighted by Gasteiger charge is -2.26. The predicted octanol–water partition coefficient (Wildman–Crippen LogP) is 0.851. The lowest BCUT2D eigenvalue weighted by atomic mass is 10.2. The highest BCUT2D eigenvalue weighted by Gasteiger charge is 2.21. The zero-order valence-electron chi connectivity index (χ0n) is 7.14. The van der Waals surface area contributed by atoms with Crippen LogP contribution in [0.25, 0.3) is 0 Å². The Morgan fingerprint density at radius 2 is 2.42 bits per heavy atom. The van der Waals surface area contributed by atoms with Gasteiger partial charge in [0.05, 0.1) is 18.8 Å². The fourth-order valence-corrected chi connectivity index (χ4v) is 0.956. The highest BCUT2D eigenvalue weighted by Crippen LogP contribution is 2.13. The van der Waals surface area contributed by atoms with Crippen LogP contribution in [0.5, 0.6) is 0 Å². The summed E-state index contributed by atoms with van der Waals surface area (Å²) < 4.78 is 10.5. The van der Waals surface area contributed by atoms with E-state index < -0.39 is 6.10 Å². The molecule has 0 aromatic carbocycles. The maximum Gasteiger partial charge on any atom is 0.177 e. The Balaban J connectivity index is 2.38. The van der Waals surface area contributed by atoms with Gasteiger partial charge in [-0.1, -0.05) is 12.2 Å². The normalized spacial score (nSPS) is 35.0. The van der Waals surface area contributed by atoms with Crippen molar-refractivity contribution in [3.63, 3.8) is 0 Å². The molecule has 1 rings (SSSR count). The molecule has 3 heteroatoms. The van der Waals surface area contributed by atoms with Crippen LogP contribution in [0.3, 0.4) is 0 Å². The quantitative estimate of drug-likeness (QED) is 0.638. The monoisotopic (exact) mass is 170 g/mol. The average Bonchev–Trinajstić information content (AvgIpc) is 2.07. The van der Waals surface area contributed by atoms with E-state index in [0.29, 0.717) is 6.61 Å². The minimum Gasteiger partial charge on any atom is -0.386 e. The van der Waals surface area contributed by atoms with E-state index in [-0.39, 0.29) is 12.4 Å². The van der Waals surface area contributed by atoms with Crippen LogP contribution in [-0.2, 0) is 9.47 Å². The molecule has 1 aliphatic rings. The highest BCUT2D eigenvalue weighted by atomic mass is 16.7. The van der Waals surface area contributed by atoms with Gasteiger partial charge >= 0.3 is 0 Å². The second kappa shape index (κ2) is 4.40. The van der Waals surface area contributed by atoms with Crippen molar-refractivity contribution in [1.29, 1.82) is 0 Å². The Bertz CT molecular complexity index is 177. The van der Waals surface area contributed by atoms with E-state index in [9.17, 15) is 5.11 Å². The van der Waals surface area contributed by atoms with E-state index in [2.05, 4.69) is 6.58 Å². The topological polar surface area (TPSA) is 38.7 Å². The molecule has 0 radical (unpaired) electrons. The molecule has 3 atom stereocenters. The molecule has 0 saturated heterocycles. The molecular weight excluding hydrogens is 156 g/mol. The summed E-state index contributed by atoms with van der Waals surface area (Å²) >= 11 is 0. The zero-order chi connectivity index (χ0) is 8.97. The lowest BCUT2D eigenvalue weighted by Crippen LogP contribution is -2.34. The molecule has 0 fully saturated rings. The van der Waals surface area contributed by atoms with Gasteiger partial charge in [-0.25, -0.2) is 0 Å². The molecule has 3 unspecified atom stereocenters. The van der Waals surface area contributed by atoms with Crippen molar-refractivity contribution >= 4 is 0 Å². The summed E-state index contributed by atoms with van der Waals surface area (Å²) in [5.74, 6) is 0. The van der Waals surface area contributed by atoms with Crippen LogP contribution in [0.1, 0.15) is 6.92 Å². The molecule has 0 bridgehead atoms. The number of aliphatic hydroxyl groups is 1. The molecule has 12 heavy (non-hydrogen) atoms. The Morgan fingerprint density at radius 1 is 1.67 bits per heavy atom. The van der Waals surface area contributed by atoms with E-state index in [1.165, 1.54) is 0 Å². The van der Waals surface area contributed by atoms with Crippen LogP contribution in [-0.4, -0.2) is 30.2 Å². The van der Waals surface area contributed by atoms with Crippen molar-refractivity contribution in [1.82, 2.24) is 0 Å². The number of ether oxygens (including phenoxy) is 2. The van der Waals surface area contributed by atoms with Gasteiger partial charge in [0.25, 0.3) is 0 Å². The molecule has 1 N–H and O–H groups in total. The Morgan fingerprint density at radius 3 is 3.00 bits per heavy atom. The van der Waals surface area contributed by atoms with Crippen LogP contribution < -0.4 is 0 Å². The van der Waals surface area contributed by atoms with Crippen molar-refractivity contribution in [3.05, 3.63) is 24.8 Å². The van der Waals surface area contributed by atoms with Gasteiger partial charge in [-0.15, -0.1) is 6.58 Å².